The molecule has 2 aromatic carbocycles. The van der Waals surface area contributed by atoms with Crippen molar-refractivity contribution < 1.29 is 38.2 Å². The number of esters is 2. The summed E-state index contributed by atoms with van der Waals surface area (Å²) in [6.45, 7) is -0.263. The molecular weight excluding hydrogens is 432 g/mol. The van der Waals surface area contributed by atoms with E-state index in [4.69, 9.17) is 14.3 Å². The molecule has 0 spiro atoms. The molecular formula is C23H22N2O8. The molecule has 2 atom stereocenters. The topological polar surface area (TPSA) is 120 Å². The number of carbonyl (C=O) groups excluding carboxylic acids is 4. The standard InChI is InChI=1S/C23H22N2O8/c1-30-22(29)24-17-14-31-25(20(17)27)23(13-12-18(26)33-23)21(28)32-19(15-8-4-2-5-9-15)16-10-6-3-7-11-16/h2-11,17,19H,12-14H2,1H3,(H,24,29)/t17-,23?/m0/s1. The summed E-state index contributed by atoms with van der Waals surface area (Å²) in [5.74, 6) is -2.40. The van der Waals surface area contributed by atoms with Crippen molar-refractivity contribution in [3.05, 3.63) is 71.8 Å². The van der Waals surface area contributed by atoms with Crippen LogP contribution in [0.15, 0.2) is 60.7 Å². The molecule has 2 aliphatic heterocycles. The van der Waals surface area contributed by atoms with Crippen LogP contribution in [-0.4, -0.2) is 54.5 Å². The van der Waals surface area contributed by atoms with Crippen molar-refractivity contribution in [3.63, 3.8) is 0 Å². The Kier molecular flexibility index (Phi) is 6.27. The van der Waals surface area contributed by atoms with Gasteiger partial charge in [0.25, 0.3) is 5.91 Å². The van der Waals surface area contributed by atoms with E-state index in [2.05, 4.69) is 10.1 Å². The van der Waals surface area contributed by atoms with Gasteiger partial charge < -0.3 is 19.5 Å². The van der Waals surface area contributed by atoms with Gasteiger partial charge in [0.15, 0.2) is 6.10 Å². The van der Waals surface area contributed by atoms with E-state index in [9.17, 15) is 19.2 Å². The Hall–Kier alpha value is -3.92. The molecule has 0 radical (unpaired) electrons. The highest BCUT2D eigenvalue weighted by Crippen LogP contribution is 2.37. The van der Waals surface area contributed by atoms with Crippen molar-refractivity contribution in [1.29, 1.82) is 0 Å². The summed E-state index contributed by atoms with van der Waals surface area (Å²) in [5, 5.41) is 3.01. The molecule has 33 heavy (non-hydrogen) atoms. The number of amides is 2. The van der Waals surface area contributed by atoms with Crippen LogP contribution in [-0.2, 0) is 33.4 Å². The fourth-order valence-electron chi connectivity index (χ4n) is 3.73. The number of nitrogens with one attached hydrogen (secondary N) is 1. The van der Waals surface area contributed by atoms with E-state index in [1.54, 1.807) is 48.5 Å². The summed E-state index contributed by atoms with van der Waals surface area (Å²) in [7, 11) is 1.15. The van der Waals surface area contributed by atoms with Gasteiger partial charge in [0.1, 0.15) is 12.6 Å². The molecule has 2 fully saturated rings. The van der Waals surface area contributed by atoms with Crippen LogP contribution >= 0.6 is 0 Å². The minimum atomic E-state index is -2.11. The summed E-state index contributed by atoms with van der Waals surface area (Å²) in [4.78, 5) is 55.4. The molecule has 0 aromatic heterocycles. The number of hydrogen-bond donors (Lipinski definition) is 1. The number of rotatable bonds is 6. The van der Waals surface area contributed by atoms with Crippen molar-refractivity contribution >= 4 is 23.9 Å². The highest BCUT2D eigenvalue weighted by molar-refractivity contribution is 5.94. The van der Waals surface area contributed by atoms with Crippen molar-refractivity contribution in [2.24, 2.45) is 0 Å². The number of carbonyl (C=O) groups is 4. The minimum Gasteiger partial charge on any atom is -0.453 e. The van der Waals surface area contributed by atoms with E-state index in [1.165, 1.54) is 0 Å². The average molecular weight is 454 g/mol. The molecule has 10 heteroatoms. The SMILES string of the molecule is COC(=O)N[C@H]1CON(C2(C(=O)OC(c3ccccc3)c3ccccc3)CCC(=O)O2)C1=O. The second kappa shape index (κ2) is 9.29. The Morgan fingerprint density at radius 3 is 2.18 bits per heavy atom. The van der Waals surface area contributed by atoms with Gasteiger partial charge in [-0.05, 0) is 11.1 Å². The summed E-state index contributed by atoms with van der Waals surface area (Å²) in [5.41, 5.74) is -0.728. The monoisotopic (exact) mass is 454 g/mol. The first-order valence-electron chi connectivity index (χ1n) is 10.3. The van der Waals surface area contributed by atoms with Crippen LogP contribution in [0.1, 0.15) is 30.1 Å². The fourth-order valence-corrected chi connectivity index (χ4v) is 3.73. The predicted octanol–water partition coefficient (Wildman–Crippen LogP) is 1.85. The average Bonchev–Trinajstić information content (AvgIpc) is 3.41. The zero-order chi connectivity index (χ0) is 23.4. The quantitative estimate of drug-likeness (QED) is 0.519. The van der Waals surface area contributed by atoms with E-state index >= 15 is 0 Å². The van der Waals surface area contributed by atoms with E-state index in [-0.39, 0.29) is 19.4 Å². The normalized spacial score (nSPS) is 22.2. The molecule has 2 heterocycles. The third-order valence-electron chi connectivity index (χ3n) is 5.37. The first-order chi connectivity index (χ1) is 15.9. The Balaban J connectivity index is 1.63. The van der Waals surface area contributed by atoms with Gasteiger partial charge in [-0.15, -0.1) is 0 Å². The molecule has 2 amide bonds. The Bertz CT molecular complexity index is 1010. The number of ether oxygens (including phenoxy) is 3. The lowest BCUT2D eigenvalue weighted by atomic mass is 10.0. The number of alkyl carbamates (subject to hydrolysis) is 1. The lowest BCUT2D eigenvalue weighted by Gasteiger charge is -2.34. The molecule has 4 rings (SSSR count). The molecule has 2 aromatic rings. The van der Waals surface area contributed by atoms with Crippen LogP contribution in [0, 0.1) is 0 Å². The number of methoxy groups -OCH3 is 1. The summed E-state index contributed by atoms with van der Waals surface area (Å²) >= 11 is 0. The second-order valence-corrected chi connectivity index (χ2v) is 7.48. The molecule has 172 valence electrons. The van der Waals surface area contributed by atoms with Gasteiger partial charge in [-0.25, -0.2) is 9.59 Å². The maximum absolute atomic E-state index is 13.5. The van der Waals surface area contributed by atoms with Crippen molar-refractivity contribution in [1.82, 2.24) is 10.4 Å². The molecule has 2 aliphatic rings. The van der Waals surface area contributed by atoms with Gasteiger partial charge in [-0.3, -0.25) is 14.4 Å². The molecule has 1 unspecified atom stereocenters. The Labute approximate surface area is 189 Å². The second-order valence-electron chi connectivity index (χ2n) is 7.48. The lowest BCUT2D eigenvalue weighted by molar-refractivity contribution is -0.260. The van der Waals surface area contributed by atoms with Crippen LogP contribution in [0.2, 0.25) is 0 Å². The maximum Gasteiger partial charge on any atom is 0.407 e. The molecule has 0 bridgehead atoms. The zero-order valence-corrected chi connectivity index (χ0v) is 17.8. The molecule has 0 aliphatic carbocycles. The van der Waals surface area contributed by atoms with Crippen LogP contribution in [0.5, 0.6) is 0 Å². The first-order valence-corrected chi connectivity index (χ1v) is 10.3. The van der Waals surface area contributed by atoms with Crippen LogP contribution in [0.4, 0.5) is 4.79 Å². The summed E-state index contributed by atoms with van der Waals surface area (Å²) in [6.07, 6.45) is -1.93. The largest absolute Gasteiger partial charge is 0.453 e. The third-order valence-corrected chi connectivity index (χ3v) is 5.37. The van der Waals surface area contributed by atoms with Gasteiger partial charge in [0.2, 0.25) is 0 Å². The maximum atomic E-state index is 13.5. The van der Waals surface area contributed by atoms with Crippen molar-refractivity contribution in [2.75, 3.05) is 13.7 Å². The number of benzene rings is 2. The van der Waals surface area contributed by atoms with E-state index < -0.39 is 41.8 Å². The number of hydrogen-bond acceptors (Lipinski definition) is 8. The smallest absolute Gasteiger partial charge is 0.407 e. The summed E-state index contributed by atoms with van der Waals surface area (Å²) < 4.78 is 15.7. The van der Waals surface area contributed by atoms with E-state index in [0.29, 0.717) is 16.2 Å². The predicted molar refractivity (Wildman–Crippen MR) is 111 cm³/mol. The Morgan fingerprint density at radius 2 is 1.67 bits per heavy atom. The van der Waals surface area contributed by atoms with Gasteiger partial charge in [0.05, 0.1) is 13.5 Å². The number of nitrogens with zero attached hydrogens (tertiary/aromatic N) is 1. The van der Waals surface area contributed by atoms with Gasteiger partial charge in [-0.1, -0.05) is 60.7 Å². The van der Waals surface area contributed by atoms with Gasteiger partial charge in [0, 0.05) is 6.42 Å². The molecule has 0 saturated carbocycles. The van der Waals surface area contributed by atoms with E-state index in [1.807, 2.05) is 12.1 Å². The molecule has 2 saturated heterocycles. The van der Waals surface area contributed by atoms with Gasteiger partial charge >= 0.3 is 23.8 Å². The number of hydroxylamine groups is 2. The van der Waals surface area contributed by atoms with Gasteiger partial charge in [-0.2, -0.15) is 5.06 Å². The first kappa shape index (κ1) is 22.3. The fraction of sp³-hybridized carbons (Fsp3) is 0.304. The highest BCUT2D eigenvalue weighted by atomic mass is 16.8. The highest BCUT2D eigenvalue weighted by Gasteiger charge is 2.60. The van der Waals surface area contributed by atoms with Crippen molar-refractivity contribution in [2.45, 2.75) is 30.7 Å². The molecule has 10 nitrogen and oxygen atoms in total. The zero-order valence-electron chi connectivity index (χ0n) is 17.8. The van der Waals surface area contributed by atoms with E-state index in [0.717, 1.165) is 7.11 Å². The Morgan fingerprint density at radius 1 is 1.06 bits per heavy atom. The lowest BCUT2D eigenvalue weighted by Crippen LogP contribution is -2.57. The van der Waals surface area contributed by atoms with Crippen LogP contribution in [0.25, 0.3) is 0 Å². The van der Waals surface area contributed by atoms with Crippen molar-refractivity contribution in [3.8, 4) is 0 Å². The third kappa shape index (κ3) is 4.37. The number of cyclic esters (lactones) is 1. The minimum absolute atomic E-state index is 0.112. The molecule has 1 N–H and O–H groups in total. The van der Waals surface area contributed by atoms with Crippen LogP contribution in [0.3, 0.4) is 0 Å². The van der Waals surface area contributed by atoms with Crippen LogP contribution < -0.4 is 5.32 Å². The summed E-state index contributed by atoms with van der Waals surface area (Å²) in [6, 6.07) is 17.0.